The van der Waals surface area contributed by atoms with Crippen molar-refractivity contribution in [3.05, 3.63) is 46.8 Å². The van der Waals surface area contributed by atoms with Gasteiger partial charge in [0.2, 0.25) is 10.0 Å². The van der Waals surface area contributed by atoms with Crippen LogP contribution in [0.15, 0.2) is 29.2 Å². The highest BCUT2D eigenvalue weighted by atomic mass is 32.2. The Kier molecular flexibility index (Phi) is 9.21. The van der Waals surface area contributed by atoms with E-state index >= 15 is 0 Å². The van der Waals surface area contributed by atoms with Crippen LogP contribution < -0.4 is 9.46 Å². The third kappa shape index (κ3) is 6.35. The Bertz CT molecular complexity index is 1140. The zero-order valence-electron chi connectivity index (χ0n) is 19.6. The number of benzene rings is 1. The Hall–Kier alpha value is -3.38. The van der Waals surface area contributed by atoms with Crippen molar-refractivity contribution >= 4 is 27.9 Å². The zero-order chi connectivity index (χ0) is 25.5. The van der Waals surface area contributed by atoms with Crippen LogP contribution in [-0.4, -0.2) is 57.7 Å². The maximum atomic E-state index is 12.5. The number of ether oxygens (including phenoxy) is 4. The summed E-state index contributed by atoms with van der Waals surface area (Å²) in [7, 11) is -2.56. The van der Waals surface area contributed by atoms with E-state index in [1.807, 2.05) is 0 Å². The predicted octanol–water partition coefficient (Wildman–Crippen LogP) is 2.10. The van der Waals surface area contributed by atoms with Crippen molar-refractivity contribution in [2.75, 3.05) is 20.3 Å². The highest BCUT2D eigenvalue weighted by Crippen LogP contribution is 2.22. The molecule has 0 aliphatic rings. The number of hydrogen-bond acceptors (Lipinski definition) is 9. The molecule has 0 radical (unpaired) electrons. The van der Waals surface area contributed by atoms with Gasteiger partial charge in [-0.1, -0.05) is 0 Å². The Balaban J connectivity index is 2.16. The minimum absolute atomic E-state index is 0.0317. The van der Waals surface area contributed by atoms with E-state index in [1.165, 1.54) is 45.2 Å². The van der Waals surface area contributed by atoms with E-state index in [-0.39, 0.29) is 40.6 Å². The van der Waals surface area contributed by atoms with Crippen molar-refractivity contribution in [2.45, 2.75) is 45.2 Å². The summed E-state index contributed by atoms with van der Waals surface area (Å²) in [4.78, 5) is 39.8. The van der Waals surface area contributed by atoms with Gasteiger partial charge in [-0.05, 0) is 57.5 Å². The molecule has 186 valence electrons. The topological polar surface area (TPSA) is 150 Å². The highest BCUT2D eigenvalue weighted by Gasteiger charge is 2.28. The average molecular weight is 497 g/mol. The second kappa shape index (κ2) is 11.7. The molecule has 0 saturated carbocycles. The van der Waals surface area contributed by atoms with Gasteiger partial charge in [-0.3, -0.25) is 4.79 Å². The first kappa shape index (κ1) is 26.9. The average Bonchev–Trinajstić information content (AvgIpc) is 3.13. The SMILES string of the molecule is CCOC(=O)c1[nH]c(COC(=O)[C@@H](C)NS(=O)(=O)c2ccc(OC)cc2)c(C(=O)OCC)c1C. The van der Waals surface area contributed by atoms with Crippen molar-refractivity contribution in [3.8, 4) is 5.75 Å². The molecule has 2 N–H and O–H groups in total. The normalized spacial score (nSPS) is 12.0. The van der Waals surface area contributed by atoms with Gasteiger partial charge in [0.25, 0.3) is 0 Å². The predicted molar refractivity (Wildman–Crippen MR) is 120 cm³/mol. The first-order chi connectivity index (χ1) is 16.0. The summed E-state index contributed by atoms with van der Waals surface area (Å²) >= 11 is 0. The third-order valence-corrected chi connectivity index (χ3v) is 6.26. The molecule has 1 aromatic heterocycles. The van der Waals surface area contributed by atoms with Crippen molar-refractivity contribution in [1.29, 1.82) is 0 Å². The molecular formula is C22H28N2O9S. The van der Waals surface area contributed by atoms with E-state index < -0.39 is 40.6 Å². The van der Waals surface area contributed by atoms with Crippen LogP contribution in [0.25, 0.3) is 0 Å². The molecule has 0 saturated heterocycles. The summed E-state index contributed by atoms with van der Waals surface area (Å²) in [5, 5.41) is 0. The fraction of sp³-hybridized carbons (Fsp3) is 0.409. The van der Waals surface area contributed by atoms with E-state index in [0.717, 1.165) is 0 Å². The largest absolute Gasteiger partial charge is 0.497 e. The van der Waals surface area contributed by atoms with Crippen LogP contribution in [0.4, 0.5) is 0 Å². The molecule has 0 aliphatic heterocycles. The number of aromatic amines is 1. The minimum Gasteiger partial charge on any atom is -0.497 e. The first-order valence-corrected chi connectivity index (χ1v) is 11.9. The third-order valence-electron chi connectivity index (χ3n) is 4.70. The molecule has 0 aliphatic carbocycles. The van der Waals surface area contributed by atoms with Crippen molar-refractivity contribution < 1.29 is 41.7 Å². The van der Waals surface area contributed by atoms with Gasteiger partial charge in [0.05, 0.1) is 36.5 Å². The summed E-state index contributed by atoms with van der Waals surface area (Å²) < 4.78 is 47.5. The van der Waals surface area contributed by atoms with E-state index in [1.54, 1.807) is 13.8 Å². The van der Waals surface area contributed by atoms with Crippen molar-refractivity contribution in [2.24, 2.45) is 0 Å². The molecule has 11 nitrogen and oxygen atoms in total. The van der Waals surface area contributed by atoms with Gasteiger partial charge < -0.3 is 23.9 Å². The molecule has 1 heterocycles. The standard InChI is InChI=1S/C22H28N2O9S/c1-6-31-21(26)18-13(3)19(22(27)32-7-2)23-17(18)12-33-20(25)14(4)24-34(28,29)16-10-8-15(30-5)9-11-16/h8-11,14,23-24H,6-7,12H2,1-5H3/t14-/m1/s1. The molecule has 1 aromatic carbocycles. The van der Waals surface area contributed by atoms with Gasteiger partial charge in [0, 0.05) is 0 Å². The number of carbonyl (C=O) groups is 3. The van der Waals surface area contributed by atoms with E-state index in [9.17, 15) is 22.8 Å². The smallest absolute Gasteiger partial charge is 0.355 e. The Labute approximate surface area is 197 Å². The number of nitrogens with one attached hydrogen (secondary N) is 2. The summed E-state index contributed by atoms with van der Waals surface area (Å²) in [6, 6.07) is 4.39. The van der Waals surface area contributed by atoms with Crippen LogP contribution in [-0.2, 0) is 35.6 Å². The molecule has 34 heavy (non-hydrogen) atoms. The molecule has 0 unspecified atom stereocenters. The number of hydrogen-bond donors (Lipinski definition) is 2. The minimum atomic E-state index is -4.01. The fourth-order valence-electron chi connectivity index (χ4n) is 3.03. The number of rotatable bonds is 11. The number of methoxy groups -OCH3 is 1. The van der Waals surface area contributed by atoms with Gasteiger partial charge in [-0.25, -0.2) is 18.0 Å². The number of H-pyrrole nitrogens is 1. The van der Waals surface area contributed by atoms with Gasteiger partial charge in [0.15, 0.2) is 0 Å². The van der Waals surface area contributed by atoms with E-state index in [4.69, 9.17) is 18.9 Å². The van der Waals surface area contributed by atoms with Crippen molar-refractivity contribution in [3.63, 3.8) is 0 Å². The van der Waals surface area contributed by atoms with Gasteiger partial charge in [-0.15, -0.1) is 0 Å². The van der Waals surface area contributed by atoms with Crippen LogP contribution in [0, 0.1) is 6.92 Å². The second-order valence-electron chi connectivity index (χ2n) is 7.05. The zero-order valence-corrected chi connectivity index (χ0v) is 20.4. The lowest BCUT2D eigenvalue weighted by Gasteiger charge is -2.14. The summed E-state index contributed by atoms with van der Waals surface area (Å²) in [5.41, 5.74) is 0.488. The number of sulfonamides is 1. The van der Waals surface area contributed by atoms with E-state index in [2.05, 4.69) is 9.71 Å². The monoisotopic (exact) mass is 496 g/mol. The molecule has 2 aromatic rings. The number of esters is 3. The fourth-order valence-corrected chi connectivity index (χ4v) is 4.22. The summed E-state index contributed by atoms with van der Waals surface area (Å²) in [6.45, 7) is 5.92. The van der Waals surface area contributed by atoms with Gasteiger partial charge >= 0.3 is 17.9 Å². The highest BCUT2D eigenvalue weighted by molar-refractivity contribution is 7.89. The maximum absolute atomic E-state index is 12.5. The van der Waals surface area contributed by atoms with Crippen LogP contribution in [0.1, 0.15) is 52.9 Å². The Morgan fingerprint density at radius 2 is 1.59 bits per heavy atom. The molecule has 0 fully saturated rings. The van der Waals surface area contributed by atoms with Gasteiger partial charge in [0.1, 0.15) is 24.1 Å². The Morgan fingerprint density at radius 1 is 1.00 bits per heavy atom. The first-order valence-electron chi connectivity index (χ1n) is 10.4. The quantitative estimate of drug-likeness (QED) is 0.352. The van der Waals surface area contributed by atoms with E-state index in [0.29, 0.717) is 5.75 Å². The molecular weight excluding hydrogens is 468 g/mol. The van der Waals surface area contributed by atoms with Crippen LogP contribution in [0.3, 0.4) is 0 Å². The number of carbonyl (C=O) groups excluding carboxylic acids is 3. The van der Waals surface area contributed by atoms with Gasteiger partial charge in [-0.2, -0.15) is 4.72 Å². The lowest BCUT2D eigenvalue weighted by atomic mass is 10.1. The summed E-state index contributed by atoms with van der Waals surface area (Å²) in [6.07, 6.45) is 0. The van der Waals surface area contributed by atoms with Crippen molar-refractivity contribution in [1.82, 2.24) is 9.71 Å². The molecule has 0 amide bonds. The van der Waals surface area contributed by atoms with Crippen LogP contribution in [0.2, 0.25) is 0 Å². The maximum Gasteiger partial charge on any atom is 0.355 e. The molecule has 0 spiro atoms. The molecule has 12 heteroatoms. The molecule has 1 atom stereocenters. The summed E-state index contributed by atoms with van der Waals surface area (Å²) in [5.74, 6) is -1.79. The second-order valence-corrected chi connectivity index (χ2v) is 8.76. The molecule has 0 bridgehead atoms. The number of aromatic nitrogens is 1. The lowest BCUT2D eigenvalue weighted by molar-refractivity contribution is -0.146. The van der Waals surface area contributed by atoms with Crippen LogP contribution >= 0.6 is 0 Å². The molecule has 2 rings (SSSR count). The van der Waals surface area contributed by atoms with Crippen LogP contribution in [0.5, 0.6) is 5.75 Å². The Morgan fingerprint density at radius 3 is 2.15 bits per heavy atom. The lowest BCUT2D eigenvalue weighted by Crippen LogP contribution is -2.39.